The van der Waals surface area contributed by atoms with E-state index in [1.807, 2.05) is 0 Å². The van der Waals surface area contributed by atoms with Crippen LogP contribution in [0, 0.1) is 0 Å². The van der Waals surface area contributed by atoms with Crippen molar-refractivity contribution in [3.05, 3.63) is 85.1 Å². The van der Waals surface area contributed by atoms with Crippen molar-refractivity contribution in [2.75, 3.05) is 13.2 Å². The van der Waals surface area contributed by atoms with E-state index in [2.05, 4.69) is 106 Å². The molecule has 6 nitrogen and oxygen atoms in total. The third kappa shape index (κ3) is 53.4. The lowest BCUT2D eigenvalue weighted by atomic mass is 10.1. The summed E-state index contributed by atoms with van der Waals surface area (Å²) < 4.78 is 16.8. The molecule has 0 aromatic heterocycles. The predicted molar refractivity (Wildman–Crippen MR) is 288 cm³/mol. The molecular formula is C61H104O6. The zero-order valence-corrected chi connectivity index (χ0v) is 43.9. The van der Waals surface area contributed by atoms with Crippen LogP contribution in [-0.4, -0.2) is 37.2 Å². The molecule has 0 saturated heterocycles. The average Bonchev–Trinajstić information content (AvgIpc) is 3.33. The highest BCUT2D eigenvalue weighted by Gasteiger charge is 2.19. The highest BCUT2D eigenvalue weighted by molar-refractivity contribution is 5.71. The SMILES string of the molecule is CC/C=C\C/C=C\C/C=C\C/C=C\CCCCC(=O)OC[C@H](COC(=O)CCCCCCCCC/C=C\CCCCCC)OC(=O)CCCCCCCCCCC/C=C\C/C=C\CCCCC. The molecule has 384 valence electrons. The van der Waals surface area contributed by atoms with Crippen LogP contribution in [-0.2, 0) is 28.6 Å². The molecule has 0 spiro atoms. The standard InChI is InChI=1S/C61H104O6/c1-4-7-10-13-16-19-22-25-28-29-30-31-34-37-40-43-46-49-52-55-61(64)67-58(56-65-59(62)53-50-47-44-41-38-35-32-26-23-20-17-14-11-8-5-2)57-66-60(63)54-51-48-45-42-39-36-33-27-24-21-18-15-12-9-6-3/h8,11,16-17,19-21,24-26,28,32,38,41,58H,4-7,9-10,12-15,18,22-23,27,29-31,33-37,39-40,42-57H2,1-3H3/b11-8-,19-16-,20-17-,24-21-,28-25-,32-26-,41-38-/t58-/m1/s1. The Morgan fingerprint density at radius 1 is 0.313 bits per heavy atom. The van der Waals surface area contributed by atoms with E-state index in [1.54, 1.807) is 0 Å². The highest BCUT2D eigenvalue weighted by Crippen LogP contribution is 2.15. The van der Waals surface area contributed by atoms with E-state index >= 15 is 0 Å². The number of esters is 3. The second-order valence-corrected chi connectivity index (χ2v) is 18.5. The van der Waals surface area contributed by atoms with E-state index in [9.17, 15) is 14.4 Å². The molecule has 0 aromatic carbocycles. The highest BCUT2D eigenvalue weighted by atomic mass is 16.6. The van der Waals surface area contributed by atoms with Gasteiger partial charge in [-0.3, -0.25) is 14.4 Å². The van der Waals surface area contributed by atoms with Gasteiger partial charge in [0.2, 0.25) is 0 Å². The van der Waals surface area contributed by atoms with Crippen LogP contribution in [0.4, 0.5) is 0 Å². The summed E-state index contributed by atoms with van der Waals surface area (Å²) in [7, 11) is 0. The molecule has 0 unspecified atom stereocenters. The zero-order valence-electron chi connectivity index (χ0n) is 43.9. The first-order chi connectivity index (χ1) is 33.0. The van der Waals surface area contributed by atoms with Gasteiger partial charge in [-0.25, -0.2) is 0 Å². The monoisotopic (exact) mass is 933 g/mol. The van der Waals surface area contributed by atoms with Gasteiger partial charge in [-0.1, -0.05) is 215 Å². The van der Waals surface area contributed by atoms with E-state index in [4.69, 9.17) is 14.2 Å². The largest absolute Gasteiger partial charge is 0.462 e. The summed E-state index contributed by atoms with van der Waals surface area (Å²) in [6.07, 6.45) is 71.4. The number of unbranched alkanes of at least 4 members (excludes halogenated alkanes) is 25. The fourth-order valence-corrected chi connectivity index (χ4v) is 7.63. The van der Waals surface area contributed by atoms with Gasteiger partial charge in [0.05, 0.1) is 0 Å². The lowest BCUT2D eigenvalue weighted by Gasteiger charge is -2.18. The smallest absolute Gasteiger partial charge is 0.306 e. The molecule has 0 aliphatic heterocycles. The van der Waals surface area contributed by atoms with Gasteiger partial charge < -0.3 is 14.2 Å². The van der Waals surface area contributed by atoms with E-state index < -0.39 is 6.10 Å². The van der Waals surface area contributed by atoms with E-state index in [0.717, 1.165) is 89.9 Å². The Morgan fingerprint density at radius 3 is 0.985 bits per heavy atom. The van der Waals surface area contributed by atoms with Gasteiger partial charge in [0.25, 0.3) is 0 Å². The second-order valence-electron chi connectivity index (χ2n) is 18.5. The third-order valence-corrected chi connectivity index (χ3v) is 11.9. The van der Waals surface area contributed by atoms with E-state index in [0.29, 0.717) is 19.3 Å². The van der Waals surface area contributed by atoms with Crippen molar-refractivity contribution in [3.8, 4) is 0 Å². The molecule has 0 fully saturated rings. The Labute approximate surface area is 414 Å². The summed E-state index contributed by atoms with van der Waals surface area (Å²) >= 11 is 0. The van der Waals surface area contributed by atoms with Crippen LogP contribution >= 0.6 is 0 Å². The van der Waals surface area contributed by atoms with Crippen LogP contribution in [0.3, 0.4) is 0 Å². The zero-order chi connectivity index (χ0) is 48.6. The van der Waals surface area contributed by atoms with Crippen molar-refractivity contribution < 1.29 is 28.6 Å². The summed E-state index contributed by atoms with van der Waals surface area (Å²) in [5, 5.41) is 0. The van der Waals surface area contributed by atoms with Gasteiger partial charge in [-0.05, 0) is 116 Å². The van der Waals surface area contributed by atoms with Crippen LogP contribution < -0.4 is 0 Å². The lowest BCUT2D eigenvalue weighted by Crippen LogP contribution is -2.30. The van der Waals surface area contributed by atoms with Gasteiger partial charge in [0.1, 0.15) is 13.2 Å². The molecule has 0 aliphatic rings. The van der Waals surface area contributed by atoms with Crippen molar-refractivity contribution in [2.45, 2.75) is 271 Å². The second kappa shape index (κ2) is 55.2. The minimum atomic E-state index is -0.798. The molecule has 0 amide bonds. The minimum Gasteiger partial charge on any atom is -0.462 e. The molecule has 0 heterocycles. The van der Waals surface area contributed by atoms with E-state index in [-0.39, 0.29) is 31.1 Å². The molecular weight excluding hydrogens is 829 g/mol. The predicted octanol–water partition coefficient (Wildman–Crippen LogP) is 18.8. The van der Waals surface area contributed by atoms with E-state index in [1.165, 1.54) is 135 Å². The topological polar surface area (TPSA) is 78.9 Å². The quantitative estimate of drug-likeness (QED) is 0.0262. The Kier molecular flexibility index (Phi) is 52.4. The van der Waals surface area contributed by atoms with Crippen molar-refractivity contribution in [1.82, 2.24) is 0 Å². The molecule has 0 bridgehead atoms. The molecule has 0 N–H and O–H groups in total. The maximum absolute atomic E-state index is 12.9. The molecule has 67 heavy (non-hydrogen) atoms. The van der Waals surface area contributed by atoms with Crippen LogP contribution in [0.15, 0.2) is 85.1 Å². The molecule has 6 heteroatoms. The Morgan fingerprint density at radius 2 is 0.582 bits per heavy atom. The fraction of sp³-hybridized carbons (Fsp3) is 0.721. The van der Waals surface area contributed by atoms with Gasteiger partial charge in [0, 0.05) is 19.3 Å². The molecule has 0 aliphatic carbocycles. The van der Waals surface area contributed by atoms with Crippen molar-refractivity contribution >= 4 is 17.9 Å². The first-order valence-corrected chi connectivity index (χ1v) is 28.1. The summed E-state index contributed by atoms with van der Waals surface area (Å²) in [4.78, 5) is 38.1. The maximum atomic E-state index is 12.9. The number of carbonyl (C=O) groups is 3. The third-order valence-electron chi connectivity index (χ3n) is 11.9. The van der Waals surface area contributed by atoms with Crippen molar-refractivity contribution in [3.63, 3.8) is 0 Å². The molecule has 0 radical (unpaired) electrons. The molecule has 1 atom stereocenters. The number of rotatable bonds is 50. The fourth-order valence-electron chi connectivity index (χ4n) is 7.63. The van der Waals surface area contributed by atoms with Gasteiger partial charge >= 0.3 is 17.9 Å². The van der Waals surface area contributed by atoms with Gasteiger partial charge in [0.15, 0.2) is 6.10 Å². The maximum Gasteiger partial charge on any atom is 0.306 e. The summed E-state index contributed by atoms with van der Waals surface area (Å²) in [5.41, 5.74) is 0. The number of hydrogen-bond acceptors (Lipinski definition) is 6. The Balaban J connectivity index is 4.44. The normalized spacial score (nSPS) is 12.7. The summed E-state index contributed by atoms with van der Waals surface area (Å²) in [6, 6.07) is 0. The number of carbonyl (C=O) groups excluding carboxylic acids is 3. The summed E-state index contributed by atoms with van der Waals surface area (Å²) in [6.45, 7) is 6.45. The first kappa shape index (κ1) is 63.6. The molecule has 0 saturated carbocycles. The number of allylic oxidation sites excluding steroid dienone is 14. The van der Waals surface area contributed by atoms with Crippen molar-refractivity contribution in [2.24, 2.45) is 0 Å². The Hall–Kier alpha value is -3.41. The van der Waals surface area contributed by atoms with Crippen LogP contribution in [0.5, 0.6) is 0 Å². The number of hydrogen-bond donors (Lipinski definition) is 0. The Bertz CT molecular complexity index is 1300. The van der Waals surface area contributed by atoms with Crippen LogP contribution in [0.25, 0.3) is 0 Å². The van der Waals surface area contributed by atoms with Gasteiger partial charge in [-0.2, -0.15) is 0 Å². The molecule has 0 aromatic rings. The molecule has 0 rings (SSSR count). The van der Waals surface area contributed by atoms with Crippen molar-refractivity contribution in [1.29, 1.82) is 0 Å². The summed E-state index contributed by atoms with van der Waals surface area (Å²) in [5.74, 6) is -0.941. The minimum absolute atomic E-state index is 0.0936. The number of ether oxygens (including phenoxy) is 3. The first-order valence-electron chi connectivity index (χ1n) is 28.1. The lowest BCUT2D eigenvalue weighted by molar-refractivity contribution is -0.167. The van der Waals surface area contributed by atoms with Crippen LogP contribution in [0.2, 0.25) is 0 Å². The van der Waals surface area contributed by atoms with Crippen LogP contribution in [0.1, 0.15) is 265 Å². The van der Waals surface area contributed by atoms with Gasteiger partial charge in [-0.15, -0.1) is 0 Å². The average molecular weight is 933 g/mol.